The van der Waals surface area contributed by atoms with Crippen molar-refractivity contribution in [1.82, 2.24) is 25.2 Å². The van der Waals surface area contributed by atoms with Crippen molar-refractivity contribution in [1.29, 1.82) is 0 Å². The van der Waals surface area contributed by atoms with E-state index in [1.165, 1.54) is 0 Å². The number of pyridine rings is 1. The first-order chi connectivity index (χ1) is 17.3. The zero-order chi connectivity index (χ0) is 27.0. The molecule has 1 atom stereocenters. The van der Waals surface area contributed by atoms with E-state index >= 15 is 8.78 Å². The number of carbonyl (C=O) groups is 1. The highest BCUT2D eigenvalue weighted by Crippen LogP contribution is 2.46. The number of tetrazole rings is 1. The van der Waals surface area contributed by atoms with Crippen LogP contribution in [0.1, 0.15) is 32.7 Å². The molecule has 2 aromatic heterocycles. The number of rotatable bonds is 7. The second-order valence-corrected chi connectivity index (χ2v) is 7.90. The molecule has 0 amide bonds. The van der Waals surface area contributed by atoms with Crippen LogP contribution < -0.4 is 0 Å². The molecule has 1 unspecified atom stereocenters. The van der Waals surface area contributed by atoms with Crippen LogP contribution in [-0.2, 0) is 24.2 Å². The van der Waals surface area contributed by atoms with Gasteiger partial charge < -0.3 is 5.11 Å². The summed E-state index contributed by atoms with van der Waals surface area (Å²) in [5.41, 5.74) is -6.80. The van der Waals surface area contributed by atoms with Gasteiger partial charge in [0.2, 0.25) is 0 Å². The average Bonchev–Trinajstić information content (AvgIpc) is 3.36. The van der Waals surface area contributed by atoms with Gasteiger partial charge in [-0.3, -0.25) is 9.78 Å². The summed E-state index contributed by atoms with van der Waals surface area (Å²) in [5, 5.41) is 21.1. The lowest BCUT2D eigenvalue weighted by atomic mass is 9.84. The average molecular weight is 525 g/mol. The first-order valence-corrected chi connectivity index (χ1v) is 10.3. The molecule has 37 heavy (non-hydrogen) atoms. The maximum Gasteiger partial charge on any atom is 0.416 e. The smallest absolute Gasteiger partial charge is 0.377 e. The lowest BCUT2D eigenvalue weighted by Gasteiger charge is -2.35. The second kappa shape index (κ2) is 9.35. The molecule has 0 fully saturated rings. The molecule has 14 heteroatoms. The third-order valence-corrected chi connectivity index (χ3v) is 5.50. The molecule has 1 N–H and O–H groups in total. The third kappa shape index (κ3) is 4.91. The van der Waals surface area contributed by atoms with Crippen LogP contribution in [0.25, 0.3) is 0 Å². The van der Waals surface area contributed by atoms with Crippen LogP contribution in [0.4, 0.5) is 30.7 Å². The minimum absolute atomic E-state index is 0.155. The molecule has 2 heterocycles. The summed E-state index contributed by atoms with van der Waals surface area (Å²) >= 11 is 0. The number of halogens is 7. The molecule has 0 spiro atoms. The van der Waals surface area contributed by atoms with Gasteiger partial charge in [0.25, 0.3) is 0 Å². The minimum atomic E-state index is -4.61. The van der Waals surface area contributed by atoms with Crippen LogP contribution >= 0.6 is 0 Å². The van der Waals surface area contributed by atoms with Gasteiger partial charge in [-0.2, -0.15) is 22.0 Å². The lowest BCUT2D eigenvalue weighted by Crippen LogP contribution is -2.48. The highest BCUT2D eigenvalue weighted by atomic mass is 19.4. The summed E-state index contributed by atoms with van der Waals surface area (Å²) in [4.78, 5) is 16.2. The standard InChI is InChI=1S/C23H14F7N5O2/c24-16-6-7-17(18(25)9-16)21(37,11-35-12-32-33-34-35)22(26,27)19-8-3-14(10-31-19)20(36)13-1-4-15(5-2-13)23(28,29)30/h1-10,12,37H,11H2. The summed E-state index contributed by atoms with van der Waals surface area (Å²) in [6, 6.07) is 6.50. The van der Waals surface area contributed by atoms with Crippen molar-refractivity contribution in [3.63, 3.8) is 0 Å². The predicted molar refractivity (Wildman–Crippen MR) is 111 cm³/mol. The van der Waals surface area contributed by atoms with E-state index in [9.17, 15) is 31.9 Å². The zero-order valence-corrected chi connectivity index (χ0v) is 18.3. The number of carbonyl (C=O) groups excluding carboxylic acids is 1. The molecule has 0 aliphatic rings. The van der Waals surface area contributed by atoms with Crippen molar-refractivity contribution in [3.8, 4) is 0 Å². The lowest BCUT2D eigenvalue weighted by molar-refractivity contribution is -0.207. The van der Waals surface area contributed by atoms with Gasteiger partial charge in [0.15, 0.2) is 11.4 Å². The maximum atomic E-state index is 15.7. The van der Waals surface area contributed by atoms with Crippen LogP contribution in [0.5, 0.6) is 0 Å². The number of nitrogens with zero attached hydrogens (tertiary/aromatic N) is 5. The first-order valence-electron chi connectivity index (χ1n) is 10.3. The second-order valence-electron chi connectivity index (χ2n) is 7.90. The van der Waals surface area contributed by atoms with Crippen molar-refractivity contribution in [3.05, 3.63) is 107 Å². The van der Waals surface area contributed by atoms with E-state index in [4.69, 9.17) is 0 Å². The van der Waals surface area contributed by atoms with Crippen LogP contribution in [0.2, 0.25) is 0 Å². The molecule has 2 aromatic carbocycles. The Morgan fingerprint density at radius 1 is 0.919 bits per heavy atom. The van der Waals surface area contributed by atoms with E-state index in [1.807, 2.05) is 0 Å². The summed E-state index contributed by atoms with van der Waals surface area (Å²) in [7, 11) is 0. The Labute approximate surface area is 203 Å². The van der Waals surface area contributed by atoms with E-state index < -0.39 is 58.5 Å². The van der Waals surface area contributed by atoms with Crippen LogP contribution in [0.3, 0.4) is 0 Å². The van der Waals surface area contributed by atoms with E-state index in [2.05, 4.69) is 20.5 Å². The molecule has 192 valence electrons. The van der Waals surface area contributed by atoms with Gasteiger partial charge in [-0.15, -0.1) is 5.10 Å². The molecule has 7 nitrogen and oxygen atoms in total. The van der Waals surface area contributed by atoms with Crippen molar-refractivity contribution in [2.45, 2.75) is 24.2 Å². The van der Waals surface area contributed by atoms with Crippen molar-refractivity contribution < 1.29 is 40.6 Å². The number of aliphatic hydroxyl groups is 1. The summed E-state index contributed by atoms with van der Waals surface area (Å²) < 4.78 is 98.4. The number of hydrogen-bond acceptors (Lipinski definition) is 6. The Morgan fingerprint density at radius 2 is 1.59 bits per heavy atom. The van der Waals surface area contributed by atoms with Crippen molar-refractivity contribution in [2.24, 2.45) is 0 Å². The Morgan fingerprint density at radius 3 is 2.14 bits per heavy atom. The van der Waals surface area contributed by atoms with Gasteiger partial charge in [-0.1, -0.05) is 12.1 Å². The minimum Gasteiger partial charge on any atom is -0.377 e. The van der Waals surface area contributed by atoms with Gasteiger partial charge in [-0.25, -0.2) is 13.5 Å². The molecule has 4 rings (SSSR count). The van der Waals surface area contributed by atoms with Crippen LogP contribution in [0, 0.1) is 11.6 Å². The Hall–Kier alpha value is -4.20. The van der Waals surface area contributed by atoms with Gasteiger partial charge in [-0.05, 0) is 46.8 Å². The molecule has 0 aliphatic carbocycles. The van der Waals surface area contributed by atoms with Crippen molar-refractivity contribution >= 4 is 5.78 Å². The predicted octanol–water partition coefficient (Wildman–Crippen LogP) is 4.28. The number of alkyl halides is 5. The monoisotopic (exact) mass is 525 g/mol. The summed E-state index contributed by atoms with van der Waals surface area (Å²) in [5.74, 6) is -7.68. The maximum absolute atomic E-state index is 15.7. The molecule has 4 aromatic rings. The zero-order valence-electron chi connectivity index (χ0n) is 18.3. The van der Waals surface area contributed by atoms with Crippen molar-refractivity contribution in [2.75, 3.05) is 0 Å². The fraction of sp³-hybridized carbons (Fsp3) is 0.174. The number of hydrogen-bond donors (Lipinski definition) is 1. The fourth-order valence-corrected chi connectivity index (χ4v) is 3.57. The van der Waals surface area contributed by atoms with Gasteiger partial charge in [0, 0.05) is 29.0 Å². The molecule has 0 saturated heterocycles. The molecule has 0 radical (unpaired) electrons. The third-order valence-electron chi connectivity index (χ3n) is 5.50. The molecule has 0 saturated carbocycles. The number of aromatic nitrogens is 5. The summed E-state index contributed by atoms with van der Waals surface area (Å²) in [6.45, 7) is -1.07. The SMILES string of the molecule is O=C(c1ccc(C(F)(F)F)cc1)c1ccc(C(F)(F)C(O)(Cn2cnnn2)c2ccc(F)cc2F)nc1. The van der Waals surface area contributed by atoms with E-state index in [1.54, 1.807) is 0 Å². The van der Waals surface area contributed by atoms with Crippen LogP contribution in [-0.4, -0.2) is 36.1 Å². The molecular weight excluding hydrogens is 511 g/mol. The molecule has 0 aliphatic heterocycles. The number of benzene rings is 2. The Bertz CT molecular complexity index is 1410. The van der Waals surface area contributed by atoms with Gasteiger partial charge in [0.1, 0.15) is 23.7 Å². The Balaban J connectivity index is 1.69. The normalized spacial score (nSPS) is 13.8. The molecular formula is C23H14F7N5O2. The summed E-state index contributed by atoms with van der Waals surface area (Å²) in [6.07, 6.45) is -2.98. The number of ketones is 1. The molecule has 0 bridgehead atoms. The Kier molecular flexibility index (Phi) is 6.54. The van der Waals surface area contributed by atoms with E-state index in [0.29, 0.717) is 41.1 Å². The highest BCUT2D eigenvalue weighted by Gasteiger charge is 2.58. The topological polar surface area (TPSA) is 93.8 Å². The van der Waals surface area contributed by atoms with Gasteiger partial charge >= 0.3 is 12.1 Å². The van der Waals surface area contributed by atoms with E-state index in [0.717, 1.165) is 30.7 Å². The first kappa shape index (κ1) is 25.9. The highest BCUT2D eigenvalue weighted by molar-refractivity contribution is 6.08. The fourth-order valence-electron chi connectivity index (χ4n) is 3.57. The van der Waals surface area contributed by atoms with E-state index in [-0.39, 0.29) is 11.1 Å². The quantitative estimate of drug-likeness (QED) is 0.286. The van der Waals surface area contributed by atoms with Crippen LogP contribution in [0.15, 0.2) is 67.1 Å². The van der Waals surface area contributed by atoms with Gasteiger partial charge in [0.05, 0.1) is 12.1 Å². The largest absolute Gasteiger partial charge is 0.416 e.